The van der Waals surface area contributed by atoms with Crippen molar-refractivity contribution in [2.75, 3.05) is 0 Å². The SMILES string of the molecule is CC(=O)OC1C2CC(C1I)C(C(F)(F)F)(C(F)(F)F)N2. The van der Waals surface area contributed by atoms with Crippen molar-refractivity contribution < 1.29 is 35.9 Å². The van der Waals surface area contributed by atoms with E-state index in [1.807, 2.05) is 0 Å². The van der Waals surface area contributed by atoms with Crippen molar-refractivity contribution in [3.8, 4) is 0 Å². The lowest BCUT2D eigenvalue weighted by Crippen LogP contribution is -2.73. The number of esters is 1. The maximum Gasteiger partial charge on any atom is 0.415 e. The van der Waals surface area contributed by atoms with Crippen LogP contribution in [0.4, 0.5) is 26.3 Å². The monoisotopic (exact) mass is 417 g/mol. The second-order valence-electron chi connectivity index (χ2n) is 4.92. The molecule has 0 aromatic rings. The lowest BCUT2D eigenvalue weighted by molar-refractivity contribution is -0.319. The molecule has 1 N–H and O–H groups in total. The van der Waals surface area contributed by atoms with Crippen molar-refractivity contribution in [3.63, 3.8) is 0 Å². The minimum Gasteiger partial charge on any atom is -0.460 e. The van der Waals surface area contributed by atoms with Crippen LogP contribution in [0.2, 0.25) is 0 Å². The summed E-state index contributed by atoms with van der Waals surface area (Å²) in [6.45, 7) is 1.07. The fourth-order valence-electron chi connectivity index (χ4n) is 3.03. The third kappa shape index (κ3) is 2.09. The molecule has 4 unspecified atom stereocenters. The van der Waals surface area contributed by atoms with Gasteiger partial charge in [0.2, 0.25) is 5.54 Å². The number of rotatable bonds is 1. The van der Waals surface area contributed by atoms with Crippen LogP contribution in [0.3, 0.4) is 0 Å². The van der Waals surface area contributed by atoms with Crippen molar-refractivity contribution in [2.45, 2.75) is 47.3 Å². The molecule has 4 atom stereocenters. The Morgan fingerprint density at radius 1 is 1.25 bits per heavy atom. The van der Waals surface area contributed by atoms with Crippen molar-refractivity contribution in [3.05, 3.63) is 0 Å². The molecule has 1 saturated heterocycles. The number of nitrogens with one attached hydrogen (secondary N) is 1. The Bertz CT molecular complexity index is 407. The molecule has 0 radical (unpaired) electrons. The summed E-state index contributed by atoms with van der Waals surface area (Å²) in [7, 11) is 0. The van der Waals surface area contributed by atoms with E-state index in [0.29, 0.717) is 0 Å². The standard InChI is InChI=1S/C10H10F6INO2/c1-3(19)20-7-5-2-4(6(7)17)8(18-5,9(11,12)13)10(14,15)16/h4-7,18H,2H2,1H3. The molecule has 116 valence electrons. The maximum absolute atomic E-state index is 13.0. The molecule has 0 spiro atoms. The third-order valence-electron chi connectivity index (χ3n) is 3.77. The van der Waals surface area contributed by atoms with Gasteiger partial charge in [-0.05, 0) is 6.42 Å². The molecule has 2 fully saturated rings. The summed E-state index contributed by atoms with van der Waals surface area (Å²) < 4.78 is 82.0. The van der Waals surface area contributed by atoms with E-state index in [2.05, 4.69) is 0 Å². The van der Waals surface area contributed by atoms with E-state index in [1.54, 1.807) is 5.32 Å². The molecular formula is C10H10F6INO2. The van der Waals surface area contributed by atoms with Gasteiger partial charge in [0, 0.05) is 18.9 Å². The van der Waals surface area contributed by atoms with Crippen LogP contribution in [0.1, 0.15) is 13.3 Å². The number of alkyl halides is 7. The van der Waals surface area contributed by atoms with Crippen LogP contribution in [0.25, 0.3) is 0 Å². The zero-order valence-corrected chi connectivity index (χ0v) is 12.1. The summed E-state index contributed by atoms with van der Waals surface area (Å²) in [5.74, 6) is -2.44. The highest BCUT2D eigenvalue weighted by molar-refractivity contribution is 14.1. The molecule has 10 heteroatoms. The van der Waals surface area contributed by atoms with Gasteiger partial charge in [0.25, 0.3) is 0 Å². The number of hydrogen-bond acceptors (Lipinski definition) is 3. The fourth-order valence-corrected chi connectivity index (χ4v) is 4.51. The number of fused-ring (bicyclic) bond motifs is 2. The molecule has 1 saturated carbocycles. The average Bonchev–Trinajstić information content (AvgIpc) is 2.74. The second-order valence-corrected chi connectivity index (χ2v) is 6.35. The number of carbonyl (C=O) groups excluding carboxylic acids is 1. The van der Waals surface area contributed by atoms with Crippen LogP contribution in [-0.2, 0) is 9.53 Å². The molecule has 2 aliphatic rings. The average molecular weight is 417 g/mol. The van der Waals surface area contributed by atoms with E-state index >= 15 is 0 Å². The summed E-state index contributed by atoms with van der Waals surface area (Å²) in [5.41, 5.74) is -3.92. The molecule has 20 heavy (non-hydrogen) atoms. The van der Waals surface area contributed by atoms with E-state index in [-0.39, 0.29) is 6.42 Å². The molecule has 1 aliphatic heterocycles. The van der Waals surface area contributed by atoms with E-state index < -0.39 is 45.8 Å². The fraction of sp³-hybridized carbons (Fsp3) is 0.900. The third-order valence-corrected chi connectivity index (χ3v) is 5.35. The number of halogens is 7. The highest BCUT2D eigenvalue weighted by atomic mass is 127. The van der Waals surface area contributed by atoms with Crippen molar-refractivity contribution >= 4 is 28.6 Å². The predicted octanol–water partition coefficient (Wildman–Crippen LogP) is 2.58. The molecule has 0 amide bonds. The van der Waals surface area contributed by atoms with Gasteiger partial charge in [-0.2, -0.15) is 26.3 Å². The minimum absolute atomic E-state index is 0.329. The number of piperidine rings is 1. The Kier molecular flexibility index (Phi) is 3.72. The molecule has 2 bridgehead atoms. The zero-order valence-electron chi connectivity index (χ0n) is 9.98. The molecule has 3 nitrogen and oxygen atoms in total. The number of hydrogen-bond donors (Lipinski definition) is 1. The van der Waals surface area contributed by atoms with Gasteiger partial charge in [-0.3, -0.25) is 10.1 Å². The van der Waals surface area contributed by atoms with Crippen LogP contribution >= 0.6 is 22.6 Å². The van der Waals surface area contributed by atoms with E-state index in [0.717, 1.165) is 6.92 Å². The highest BCUT2D eigenvalue weighted by Gasteiger charge is 2.81. The lowest BCUT2D eigenvalue weighted by atomic mass is 9.82. The van der Waals surface area contributed by atoms with Crippen molar-refractivity contribution in [1.29, 1.82) is 0 Å². The van der Waals surface area contributed by atoms with Gasteiger partial charge in [-0.15, -0.1) is 0 Å². The van der Waals surface area contributed by atoms with Gasteiger partial charge in [-0.1, -0.05) is 22.6 Å². The first-order valence-corrected chi connectivity index (χ1v) is 6.89. The topological polar surface area (TPSA) is 38.3 Å². The second kappa shape index (κ2) is 4.62. The summed E-state index contributed by atoms with van der Waals surface area (Å²) in [6.07, 6.45) is -12.2. The maximum atomic E-state index is 13.0. The smallest absolute Gasteiger partial charge is 0.415 e. The molecule has 1 aliphatic carbocycles. The van der Waals surface area contributed by atoms with Gasteiger partial charge >= 0.3 is 18.3 Å². The number of ether oxygens (including phenoxy) is 1. The molecular weight excluding hydrogens is 407 g/mol. The van der Waals surface area contributed by atoms with Gasteiger partial charge in [0.15, 0.2) is 0 Å². The van der Waals surface area contributed by atoms with Crippen molar-refractivity contribution in [1.82, 2.24) is 5.32 Å². The zero-order chi connectivity index (χ0) is 15.5. The van der Waals surface area contributed by atoms with Gasteiger partial charge < -0.3 is 4.74 Å². The summed E-state index contributed by atoms with van der Waals surface area (Å²) in [5, 5.41) is 1.64. The predicted molar refractivity (Wildman–Crippen MR) is 63.2 cm³/mol. The molecule has 0 aromatic carbocycles. The van der Waals surface area contributed by atoms with E-state index in [9.17, 15) is 31.1 Å². The van der Waals surface area contributed by atoms with Crippen LogP contribution in [0.5, 0.6) is 0 Å². The van der Waals surface area contributed by atoms with Crippen LogP contribution in [-0.4, -0.2) is 39.9 Å². The van der Waals surface area contributed by atoms with Gasteiger partial charge in [0.1, 0.15) is 6.10 Å². The first kappa shape index (κ1) is 16.1. The molecule has 1 heterocycles. The largest absolute Gasteiger partial charge is 0.460 e. The Morgan fingerprint density at radius 3 is 2.10 bits per heavy atom. The van der Waals surface area contributed by atoms with Crippen LogP contribution in [0, 0.1) is 5.92 Å². The molecule has 2 rings (SSSR count). The summed E-state index contributed by atoms with van der Waals surface area (Å²) >= 11 is 1.51. The van der Waals surface area contributed by atoms with E-state index in [1.165, 1.54) is 22.6 Å². The quantitative estimate of drug-likeness (QED) is 0.309. The normalized spacial score (nSPS) is 36.2. The lowest BCUT2D eigenvalue weighted by Gasteiger charge is -2.44. The van der Waals surface area contributed by atoms with E-state index in [4.69, 9.17) is 4.74 Å². The first-order chi connectivity index (χ1) is 8.92. The highest BCUT2D eigenvalue weighted by Crippen LogP contribution is 2.59. The van der Waals surface area contributed by atoms with Crippen molar-refractivity contribution in [2.24, 2.45) is 5.92 Å². The Morgan fingerprint density at radius 2 is 1.75 bits per heavy atom. The van der Waals surface area contributed by atoms with Crippen LogP contribution < -0.4 is 5.32 Å². The van der Waals surface area contributed by atoms with Gasteiger partial charge in [-0.25, -0.2) is 0 Å². The Balaban J connectivity index is 2.37. The Labute approximate surface area is 123 Å². The summed E-state index contributed by atoms with van der Waals surface area (Å²) in [6, 6.07) is -1.14. The van der Waals surface area contributed by atoms with Crippen LogP contribution in [0.15, 0.2) is 0 Å². The minimum atomic E-state index is -5.46. The molecule has 0 aromatic heterocycles. The Hall–Kier alpha value is -0.260. The van der Waals surface area contributed by atoms with Gasteiger partial charge in [0.05, 0.1) is 3.92 Å². The first-order valence-electron chi connectivity index (χ1n) is 5.64. The number of carbonyl (C=O) groups is 1. The summed E-state index contributed by atoms with van der Waals surface area (Å²) in [4.78, 5) is 10.9.